The van der Waals surface area contributed by atoms with Crippen molar-refractivity contribution in [3.8, 4) is 5.75 Å². The van der Waals surface area contributed by atoms with E-state index in [-0.39, 0.29) is 23.5 Å². The molecule has 38 heavy (non-hydrogen) atoms. The van der Waals surface area contributed by atoms with Crippen molar-refractivity contribution in [1.82, 2.24) is 4.90 Å². The maximum atomic E-state index is 13.8. The van der Waals surface area contributed by atoms with Crippen LogP contribution < -0.4 is 14.5 Å². The Hall–Kier alpha value is -2.51. The molecule has 1 fully saturated rings. The van der Waals surface area contributed by atoms with Crippen molar-refractivity contribution in [2.75, 3.05) is 49.1 Å². The number of carbonyl (C=O) groups excluding carboxylic acids is 1. The van der Waals surface area contributed by atoms with E-state index in [0.29, 0.717) is 13.0 Å². The fraction of sp³-hybridized carbons (Fsp3) is 0.516. The van der Waals surface area contributed by atoms with E-state index < -0.39 is 0 Å². The number of rotatable bonds is 7. The number of hydrogen-bond donors (Lipinski definition) is 0. The van der Waals surface area contributed by atoms with Gasteiger partial charge in [-0.2, -0.15) is 0 Å². The Morgan fingerprint density at radius 1 is 1.11 bits per heavy atom. The molecule has 0 saturated carbocycles. The highest BCUT2D eigenvalue weighted by molar-refractivity contribution is 9.10. The largest absolute Gasteiger partial charge is 0.493 e. The number of halogens is 1. The Morgan fingerprint density at radius 3 is 2.55 bits per heavy atom. The normalized spacial score (nSPS) is 21.2. The van der Waals surface area contributed by atoms with Crippen molar-refractivity contribution in [2.45, 2.75) is 65.1 Å². The average molecular weight is 583 g/mol. The first-order chi connectivity index (χ1) is 18.2. The van der Waals surface area contributed by atoms with Crippen molar-refractivity contribution in [2.24, 2.45) is 0 Å². The molecule has 0 bridgehead atoms. The van der Waals surface area contributed by atoms with Crippen LogP contribution in [0.1, 0.15) is 53.0 Å². The zero-order valence-corrected chi connectivity index (χ0v) is 24.9. The molecule has 0 aliphatic carbocycles. The summed E-state index contributed by atoms with van der Waals surface area (Å²) in [6.07, 6.45) is 1.58. The molecule has 5 rings (SSSR count). The lowest BCUT2D eigenvalue weighted by Gasteiger charge is -2.37. The maximum Gasteiger partial charge on any atom is 0.257 e. The van der Waals surface area contributed by atoms with Crippen LogP contribution in [0.3, 0.4) is 0 Å². The molecule has 0 radical (unpaired) electrons. The number of amides is 1. The first-order valence-electron chi connectivity index (χ1n) is 13.9. The van der Waals surface area contributed by atoms with Crippen LogP contribution in [0.25, 0.3) is 0 Å². The number of allylic oxidation sites excluding steroid dienone is 1. The molecule has 3 heterocycles. The Labute approximate surface area is 235 Å². The van der Waals surface area contributed by atoms with Crippen molar-refractivity contribution in [3.05, 3.63) is 63.8 Å². The van der Waals surface area contributed by atoms with Gasteiger partial charge in [0.25, 0.3) is 5.91 Å². The van der Waals surface area contributed by atoms with E-state index in [4.69, 9.17) is 9.47 Å². The van der Waals surface area contributed by atoms with Crippen LogP contribution in [0.2, 0.25) is 0 Å². The smallest absolute Gasteiger partial charge is 0.257 e. The summed E-state index contributed by atoms with van der Waals surface area (Å²) < 4.78 is 13.5. The molecule has 0 aromatic heterocycles. The molecule has 7 heteroatoms. The summed E-state index contributed by atoms with van der Waals surface area (Å²) in [5.74, 6) is 1.92. The number of fused-ring (bicyclic) bond motifs is 1. The second-order valence-electron chi connectivity index (χ2n) is 11.6. The van der Waals surface area contributed by atoms with E-state index >= 15 is 0 Å². The number of anilines is 2. The fourth-order valence-corrected chi connectivity index (χ4v) is 6.35. The number of benzene rings is 2. The fourth-order valence-electron chi connectivity index (χ4n) is 5.99. The molecule has 0 spiro atoms. The van der Waals surface area contributed by atoms with Crippen LogP contribution in [0.4, 0.5) is 11.4 Å². The summed E-state index contributed by atoms with van der Waals surface area (Å²) in [6, 6.07) is 14.6. The van der Waals surface area contributed by atoms with Gasteiger partial charge in [-0.3, -0.25) is 9.69 Å². The Bertz CT molecular complexity index is 1220. The van der Waals surface area contributed by atoms with Gasteiger partial charge in [0.15, 0.2) is 0 Å². The molecule has 2 aromatic carbocycles. The predicted molar refractivity (Wildman–Crippen MR) is 157 cm³/mol. The first-order valence-corrected chi connectivity index (χ1v) is 14.7. The number of para-hydroxylation sites is 2. The SMILES string of the molecule is CCC1=C(C(=O)N2CC(C)(C)c3cc(Br)ccc32)CC(CN2CCN(c3ccccc3OC(C)C)CC2)O1. The van der Waals surface area contributed by atoms with Gasteiger partial charge in [0.05, 0.1) is 17.4 Å². The molecule has 0 N–H and O–H groups in total. The van der Waals surface area contributed by atoms with Crippen molar-refractivity contribution in [1.29, 1.82) is 0 Å². The van der Waals surface area contributed by atoms with Crippen LogP contribution in [0.5, 0.6) is 5.75 Å². The zero-order chi connectivity index (χ0) is 27.0. The Morgan fingerprint density at radius 2 is 1.84 bits per heavy atom. The lowest BCUT2D eigenvalue weighted by atomic mass is 9.87. The maximum absolute atomic E-state index is 13.8. The van der Waals surface area contributed by atoms with Gasteiger partial charge in [0.2, 0.25) is 0 Å². The standard InChI is InChI=1S/C31H40BrN3O3/c1-6-28-24(30(36)35-20-31(4,5)25-17-22(32)11-12-26(25)35)18-23(38-28)19-33-13-15-34(16-14-33)27-9-7-8-10-29(27)37-21(2)3/h7-12,17,21,23H,6,13-16,18-20H2,1-5H3. The Kier molecular flexibility index (Phi) is 7.79. The van der Waals surface area contributed by atoms with E-state index in [1.165, 1.54) is 11.3 Å². The highest BCUT2D eigenvalue weighted by Gasteiger charge is 2.41. The minimum absolute atomic E-state index is 0.0204. The summed E-state index contributed by atoms with van der Waals surface area (Å²) >= 11 is 3.60. The van der Waals surface area contributed by atoms with E-state index in [1.807, 2.05) is 17.0 Å². The molecule has 6 nitrogen and oxygen atoms in total. The van der Waals surface area contributed by atoms with Crippen molar-refractivity contribution < 1.29 is 14.3 Å². The summed E-state index contributed by atoms with van der Waals surface area (Å²) in [5.41, 5.74) is 4.17. The molecule has 204 valence electrons. The van der Waals surface area contributed by atoms with Gasteiger partial charge in [-0.15, -0.1) is 0 Å². The third kappa shape index (κ3) is 5.46. The zero-order valence-electron chi connectivity index (χ0n) is 23.3. The highest BCUT2D eigenvalue weighted by atomic mass is 79.9. The highest BCUT2D eigenvalue weighted by Crippen LogP contribution is 2.43. The van der Waals surface area contributed by atoms with Crippen LogP contribution in [-0.4, -0.2) is 62.3 Å². The molecule has 3 aliphatic rings. The number of hydrogen-bond acceptors (Lipinski definition) is 5. The van der Waals surface area contributed by atoms with Crippen LogP contribution in [0, 0.1) is 0 Å². The summed E-state index contributed by atoms with van der Waals surface area (Å²) in [4.78, 5) is 20.7. The summed E-state index contributed by atoms with van der Waals surface area (Å²) in [6.45, 7) is 16.0. The minimum Gasteiger partial charge on any atom is -0.493 e. The van der Waals surface area contributed by atoms with Gasteiger partial charge in [-0.25, -0.2) is 0 Å². The van der Waals surface area contributed by atoms with Gasteiger partial charge >= 0.3 is 0 Å². The van der Waals surface area contributed by atoms with E-state index in [0.717, 1.165) is 66.4 Å². The third-order valence-electron chi connectivity index (χ3n) is 7.84. The second kappa shape index (κ2) is 10.9. The number of ether oxygens (including phenoxy) is 2. The third-order valence-corrected chi connectivity index (χ3v) is 8.33. The van der Waals surface area contributed by atoms with Crippen molar-refractivity contribution >= 4 is 33.2 Å². The molecule has 1 saturated heterocycles. The minimum atomic E-state index is -0.0842. The van der Waals surface area contributed by atoms with E-state index in [2.05, 4.69) is 90.7 Å². The van der Waals surface area contributed by atoms with Gasteiger partial charge in [-0.05, 0) is 49.7 Å². The predicted octanol–water partition coefficient (Wildman–Crippen LogP) is 6.14. The lowest BCUT2D eigenvalue weighted by molar-refractivity contribution is -0.115. The number of piperazine rings is 1. The molecule has 1 atom stereocenters. The van der Waals surface area contributed by atoms with Crippen LogP contribution in [-0.2, 0) is 14.9 Å². The summed E-state index contributed by atoms with van der Waals surface area (Å²) in [7, 11) is 0. The van der Waals surface area contributed by atoms with E-state index in [9.17, 15) is 4.79 Å². The van der Waals surface area contributed by atoms with Gasteiger partial charge in [0.1, 0.15) is 17.6 Å². The lowest BCUT2D eigenvalue weighted by Crippen LogP contribution is -2.48. The van der Waals surface area contributed by atoms with Gasteiger partial charge in [-0.1, -0.05) is 48.8 Å². The molecule has 1 amide bonds. The molecular formula is C31H40BrN3O3. The molecule has 3 aliphatic heterocycles. The molecule has 2 aromatic rings. The molecule has 1 unspecified atom stereocenters. The first kappa shape index (κ1) is 27.1. The molecular weight excluding hydrogens is 542 g/mol. The Balaban J connectivity index is 1.21. The van der Waals surface area contributed by atoms with Crippen LogP contribution in [0.15, 0.2) is 58.3 Å². The topological polar surface area (TPSA) is 45.3 Å². The number of nitrogens with zero attached hydrogens (tertiary/aromatic N) is 3. The van der Waals surface area contributed by atoms with Crippen LogP contribution >= 0.6 is 15.9 Å². The summed E-state index contributed by atoms with van der Waals surface area (Å²) in [5, 5.41) is 0. The quantitative estimate of drug-likeness (QED) is 0.393. The monoisotopic (exact) mass is 581 g/mol. The van der Waals surface area contributed by atoms with Crippen molar-refractivity contribution in [3.63, 3.8) is 0 Å². The second-order valence-corrected chi connectivity index (χ2v) is 12.5. The van der Waals surface area contributed by atoms with Gasteiger partial charge < -0.3 is 19.3 Å². The number of carbonyl (C=O) groups is 1. The van der Waals surface area contributed by atoms with E-state index in [1.54, 1.807) is 0 Å². The average Bonchev–Trinajstić information content (AvgIpc) is 3.41. The van der Waals surface area contributed by atoms with Gasteiger partial charge in [0, 0.05) is 67.7 Å².